The first-order chi connectivity index (χ1) is 9.58. The molecule has 1 aliphatic rings. The van der Waals surface area contributed by atoms with Gasteiger partial charge in [0.1, 0.15) is 6.04 Å². The second kappa shape index (κ2) is 6.72. The van der Waals surface area contributed by atoms with Crippen LogP contribution in [0.5, 0.6) is 0 Å². The minimum absolute atomic E-state index is 0.196. The number of hydrogen-bond donors (Lipinski definition) is 2. The van der Waals surface area contributed by atoms with E-state index in [1.807, 2.05) is 12.1 Å². The molecule has 1 heterocycles. The number of ether oxygens (including phenoxy) is 1. The molecule has 0 aliphatic carbocycles. The Hall–Kier alpha value is -1.59. The predicted octanol–water partition coefficient (Wildman–Crippen LogP) is 0.889. The number of nitrogens with one attached hydrogen (secondary N) is 1. The van der Waals surface area contributed by atoms with Gasteiger partial charge in [0.2, 0.25) is 11.8 Å². The Morgan fingerprint density at radius 2 is 2.20 bits per heavy atom. The number of amides is 2. The molecule has 2 amide bonds. The normalized spacial score (nSPS) is 19.6. The van der Waals surface area contributed by atoms with Crippen LogP contribution in [-0.4, -0.2) is 31.1 Å². The van der Waals surface area contributed by atoms with Gasteiger partial charge in [0.15, 0.2) is 0 Å². The van der Waals surface area contributed by atoms with Crippen molar-refractivity contribution >= 4 is 23.4 Å². The van der Waals surface area contributed by atoms with Crippen molar-refractivity contribution in [2.75, 3.05) is 13.2 Å². The third-order valence-electron chi connectivity index (χ3n) is 3.34. The third kappa shape index (κ3) is 3.71. The minimum atomic E-state index is -0.761. The summed E-state index contributed by atoms with van der Waals surface area (Å²) in [6, 6.07) is 6.42. The molecule has 1 aliphatic heterocycles. The van der Waals surface area contributed by atoms with E-state index >= 15 is 0 Å². The molecule has 0 spiro atoms. The Kier molecular flexibility index (Phi) is 4.98. The standard InChI is InChI=1S/C14H17ClN2O3/c15-11-4-2-1-3-9(11)7-12(13(16)18)17-14(19)10-5-6-20-8-10/h1-4,10,12H,5-8H2,(H2,16,18)(H,17,19)/t10-,12-/m0/s1. The van der Waals surface area contributed by atoms with E-state index in [1.165, 1.54) is 0 Å². The number of rotatable bonds is 5. The van der Waals surface area contributed by atoms with Gasteiger partial charge < -0.3 is 15.8 Å². The van der Waals surface area contributed by atoms with Crippen LogP contribution >= 0.6 is 11.6 Å². The molecule has 0 aromatic heterocycles. The molecule has 0 saturated carbocycles. The van der Waals surface area contributed by atoms with Gasteiger partial charge in [0, 0.05) is 18.1 Å². The molecule has 0 radical (unpaired) electrons. The summed E-state index contributed by atoms with van der Waals surface area (Å²) in [7, 11) is 0. The van der Waals surface area contributed by atoms with Crippen LogP contribution in [0.3, 0.4) is 0 Å². The molecule has 1 aromatic carbocycles. The van der Waals surface area contributed by atoms with Gasteiger partial charge in [-0.3, -0.25) is 9.59 Å². The molecule has 3 N–H and O–H groups in total. The van der Waals surface area contributed by atoms with Crippen LogP contribution in [0.1, 0.15) is 12.0 Å². The molecule has 2 rings (SSSR count). The fourth-order valence-electron chi connectivity index (χ4n) is 2.14. The zero-order valence-electron chi connectivity index (χ0n) is 11.0. The lowest BCUT2D eigenvalue weighted by atomic mass is 10.0. The molecule has 0 bridgehead atoms. The van der Waals surface area contributed by atoms with Crippen LogP contribution in [0.2, 0.25) is 5.02 Å². The van der Waals surface area contributed by atoms with Crippen molar-refractivity contribution in [3.05, 3.63) is 34.9 Å². The average Bonchev–Trinajstić information content (AvgIpc) is 2.94. The number of carbonyl (C=O) groups excluding carboxylic acids is 2. The summed E-state index contributed by atoms with van der Waals surface area (Å²) in [5.74, 6) is -0.973. The van der Waals surface area contributed by atoms with Crippen LogP contribution in [0.25, 0.3) is 0 Å². The summed E-state index contributed by atoms with van der Waals surface area (Å²) in [5.41, 5.74) is 6.13. The molecule has 2 atom stereocenters. The predicted molar refractivity (Wildman–Crippen MR) is 75.2 cm³/mol. The van der Waals surface area contributed by atoms with Gasteiger partial charge >= 0.3 is 0 Å². The minimum Gasteiger partial charge on any atom is -0.381 e. The van der Waals surface area contributed by atoms with Crippen LogP contribution in [-0.2, 0) is 20.7 Å². The number of nitrogens with two attached hydrogens (primary N) is 1. The van der Waals surface area contributed by atoms with E-state index in [-0.39, 0.29) is 18.2 Å². The molecule has 108 valence electrons. The van der Waals surface area contributed by atoms with E-state index in [2.05, 4.69) is 5.32 Å². The fraction of sp³-hybridized carbons (Fsp3) is 0.429. The SMILES string of the molecule is NC(=O)[C@H](Cc1ccccc1Cl)NC(=O)[C@H]1CCOC1. The maximum absolute atomic E-state index is 12.0. The number of primary amides is 1. The van der Waals surface area contributed by atoms with Gasteiger partial charge in [-0.2, -0.15) is 0 Å². The van der Waals surface area contributed by atoms with Gasteiger partial charge in [-0.05, 0) is 18.1 Å². The highest BCUT2D eigenvalue weighted by atomic mass is 35.5. The van der Waals surface area contributed by atoms with Gasteiger partial charge in [-0.1, -0.05) is 29.8 Å². The molecule has 5 nitrogen and oxygen atoms in total. The average molecular weight is 297 g/mol. The highest BCUT2D eigenvalue weighted by Crippen LogP contribution is 2.17. The molecule has 1 saturated heterocycles. The van der Waals surface area contributed by atoms with Crippen molar-refractivity contribution in [3.8, 4) is 0 Å². The lowest BCUT2D eigenvalue weighted by molar-refractivity contribution is -0.129. The van der Waals surface area contributed by atoms with E-state index in [4.69, 9.17) is 22.1 Å². The van der Waals surface area contributed by atoms with E-state index in [0.29, 0.717) is 24.7 Å². The first-order valence-corrected chi connectivity index (χ1v) is 6.86. The second-order valence-electron chi connectivity index (χ2n) is 4.82. The fourth-order valence-corrected chi connectivity index (χ4v) is 2.35. The Balaban J connectivity index is 2.02. The van der Waals surface area contributed by atoms with Crippen molar-refractivity contribution in [3.63, 3.8) is 0 Å². The Bertz CT molecular complexity index is 501. The zero-order chi connectivity index (χ0) is 14.5. The highest BCUT2D eigenvalue weighted by molar-refractivity contribution is 6.31. The second-order valence-corrected chi connectivity index (χ2v) is 5.23. The molecule has 20 heavy (non-hydrogen) atoms. The lowest BCUT2D eigenvalue weighted by Crippen LogP contribution is -2.48. The highest BCUT2D eigenvalue weighted by Gasteiger charge is 2.27. The summed E-state index contributed by atoms with van der Waals surface area (Å²) in [6.45, 7) is 0.966. The largest absolute Gasteiger partial charge is 0.381 e. The van der Waals surface area contributed by atoms with Gasteiger partial charge in [-0.25, -0.2) is 0 Å². The molecule has 1 fully saturated rings. The van der Waals surface area contributed by atoms with Gasteiger partial charge in [0.25, 0.3) is 0 Å². The molecule has 0 unspecified atom stereocenters. The van der Waals surface area contributed by atoms with Crippen LogP contribution < -0.4 is 11.1 Å². The summed E-state index contributed by atoms with van der Waals surface area (Å²) < 4.78 is 5.16. The molecule has 6 heteroatoms. The number of halogens is 1. The molecule has 1 aromatic rings. The summed E-state index contributed by atoms with van der Waals surface area (Å²) in [5, 5.41) is 3.23. The monoisotopic (exact) mass is 296 g/mol. The lowest BCUT2D eigenvalue weighted by Gasteiger charge is -2.18. The van der Waals surface area contributed by atoms with Crippen molar-refractivity contribution < 1.29 is 14.3 Å². The zero-order valence-corrected chi connectivity index (χ0v) is 11.7. The quantitative estimate of drug-likeness (QED) is 0.846. The van der Waals surface area contributed by atoms with E-state index in [0.717, 1.165) is 5.56 Å². The van der Waals surface area contributed by atoms with Crippen molar-refractivity contribution in [1.29, 1.82) is 0 Å². The van der Waals surface area contributed by atoms with Gasteiger partial charge in [-0.15, -0.1) is 0 Å². The van der Waals surface area contributed by atoms with E-state index in [1.54, 1.807) is 12.1 Å². The number of hydrogen-bond acceptors (Lipinski definition) is 3. The Labute approximate surface area is 122 Å². The molecular formula is C14H17ClN2O3. The topological polar surface area (TPSA) is 81.4 Å². The first-order valence-electron chi connectivity index (χ1n) is 6.48. The van der Waals surface area contributed by atoms with Crippen molar-refractivity contribution in [2.24, 2.45) is 11.7 Å². The Morgan fingerprint density at radius 1 is 1.45 bits per heavy atom. The van der Waals surface area contributed by atoms with E-state index < -0.39 is 11.9 Å². The Morgan fingerprint density at radius 3 is 2.80 bits per heavy atom. The smallest absolute Gasteiger partial charge is 0.240 e. The van der Waals surface area contributed by atoms with Crippen LogP contribution in [0.4, 0.5) is 0 Å². The summed E-state index contributed by atoms with van der Waals surface area (Å²) in [4.78, 5) is 23.5. The number of benzene rings is 1. The number of carbonyl (C=O) groups is 2. The summed E-state index contributed by atoms with van der Waals surface area (Å²) in [6.07, 6.45) is 0.956. The van der Waals surface area contributed by atoms with Crippen LogP contribution in [0.15, 0.2) is 24.3 Å². The van der Waals surface area contributed by atoms with E-state index in [9.17, 15) is 9.59 Å². The van der Waals surface area contributed by atoms with Crippen molar-refractivity contribution in [1.82, 2.24) is 5.32 Å². The third-order valence-corrected chi connectivity index (χ3v) is 3.71. The molecular weight excluding hydrogens is 280 g/mol. The summed E-state index contributed by atoms with van der Waals surface area (Å²) >= 11 is 6.05. The van der Waals surface area contributed by atoms with Crippen molar-refractivity contribution in [2.45, 2.75) is 18.9 Å². The first kappa shape index (κ1) is 14.8. The van der Waals surface area contributed by atoms with Gasteiger partial charge in [0.05, 0.1) is 12.5 Å². The maximum atomic E-state index is 12.0. The maximum Gasteiger partial charge on any atom is 0.240 e. The van der Waals surface area contributed by atoms with Crippen LogP contribution in [0, 0.1) is 5.92 Å².